The average molecular weight is 223 g/mol. The summed E-state index contributed by atoms with van der Waals surface area (Å²) in [6.45, 7) is 8.62. The van der Waals surface area contributed by atoms with Gasteiger partial charge in [0.1, 0.15) is 12.4 Å². The fourth-order valence-electron chi connectivity index (χ4n) is 1.42. The Kier molecular flexibility index (Phi) is 4.52. The molecule has 4 nitrogen and oxygen atoms in total. The molecule has 1 heterocycles. The fraction of sp³-hybridized carbons (Fsp3) is 0.667. The Morgan fingerprint density at radius 2 is 2.19 bits per heavy atom. The van der Waals surface area contributed by atoms with Gasteiger partial charge in [0.05, 0.1) is 0 Å². The van der Waals surface area contributed by atoms with Crippen molar-refractivity contribution < 1.29 is 4.79 Å². The summed E-state index contributed by atoms with van der Waals surface area (Å²) in [5, 5.41) is 2.98. The van der Waals surface area contributed by atoms with Gasteiger partial charge in [0.2, 0.25) is 5.91 Å². The second-order valence-corrected chi connectivity index (χ2v) is 4.43. The molecular formula is C12H21N3O. The van der Waals surface area contributed by atoms with Crippen LogP contribution in [0.15, 0.2) is 12.4 Å². The van der Waals surface area contributed by atoms with Crippen LogP contribution >= 0.6 is 0 Å². The SMILES string of the molecule is CCc1nccn1CC(=O)NC(C)C(C)C. The highest BCUT2D eigenvalue weighted by molar-refractivity contribution is 5.76. The van der Waals surface area contributed by atoms with E-state index in [1.54, 1.807) is 6.20 Å². The molecule has 1 rings (SSSR count). The molecule has 16 heavy (non-hydrogen) atoms. The minimum absolute atomic E-state index is 0.0499. The van der Waals surface area contributed by atoms with Gasteiger partial charge in [-0.05, 0) is 12.8 Å². The first-order valence-electron chi connectivity index (χ1n) is 5.84. The summed E-state index contributed by atoms with van der Waals surface area (Å²) in [5.41, 5.74) is 0. The molecule has 90 valence electrons. The second kappa shape index (κ2) is 5.68. The van der Waals surface area contributed by atoms with Crippen LogP contribution < -0.4 is 5.32 Å². The van der Waals surface area contributed by atoms with Gasteiger partial charge in [-0.1, -0.05) is 20.8 Å². The van der Waals surface area contributed by atoms with Crippen LogP contribution in [0.3, 0.4) is 0 Å². The summed E-state index contributed by atoms with van der Waals surface area (Å²) < 4.78 is 1.89. The molecule has 0 radical (unpaired) electrons. The molecule has 1 amide bonds. The average Bonchev–Trinajstić information content (AvgIpc) is 2.64. The number of hydrogen-bond acceptors (Lipinski definition) is 2. The molecule has 1 aromatic heterocycles. The van der Waals surface area contributed by atoms with E-state index in [0.717, 1.165) is 12.2 Å². The number of aromatic nitrogens is 2. The quantitative estimate of drug-likeness (QED) is 0.824. The van der Waals surface area contributed by atoms with E-state index >= 15 is 0 Å². The van der Waals surface area contributed by atoms with E-state index in [2.05, 4.69) is 24.1 Å². The summed E-state index contributed by atoms with van der Waals surface area (Å²) in [6, 6.07) is 0.209. The van der Waals surface area contributed by atoms with Gasteiger partial charge in [-0.2, -0.15) is 0 Å². The van der Waals surface area contributed by atoms with E-state index in [1.807, 2.05) is 24.6 Å². The van der Waals surface area contributed by atoms with Crippen molar-refractivity contribution in [3.05, 3.63) is 18.2 Å². The Morgan fingerprint density at radius 1 is 1.50 bits per heavy atom. The lowest BCUT2D eigenvalue weighted by atomic mass is 10.1. The molecule has 0 bridgehead atoms. The van der Waals surface area contributed by atoms with Gasteiger partial charge < -0.3 is 9.88 Å². The van der Waals surface area contributed by atoms with E-state index in [-0.39, 0.29) is 11.9 Å². The third-order valence-corrected chi connectivity index (χ3v) is 2.82. The van der Waals surface area contributed by atoms with Crippen LogP contribution in [-0.2, 0) is 17.8 Å². The zero-order valence-electron chi connectivity index (χ0n) is 10.5. The monoisotopic (exact) mass is 223 g/mol. The van der Waals surface area contributed by atoms with Crippen LogP contribution in [0.1, 0.15) is 33.5 Å². The Bertz CT molecular complexity index is 344. The Morgan fingerprint density at radius 3 is 2.75 bits per heavy atom. The van der Waals surface area contributed by atoms with E-state index in [0.29, 0.717) is 12.5 Å². The Labute approximate surface area is 97.1 Å². The molecule has 0 aliphatic carbocycles. The standard InChI is InChI=1S/C12H21N3O/c1-5-11-13-6-7-15(11)8-12(16)14-10(4)9(2)3/h6-7,9-10H,5,8H2,1-4H3,(H,14,16). The molecule has 4 heteroatoms. The molecule has 1 atom stereocenters. The topological polar surface area (TPSA) is 46.9 Å². The maximum atomic E-state index is 11.7. The zero-order valence-corrected chi connectivity index (χ0v) is 10.5. The highest BCUT2D eigenvalue weighted by atomic mass is 16.2. The molecule has 0 fully saturated rings. The first kappa shape index (κ1) is 12.7. The molecule has 0 saturated heterocycles. The van der Waals surface area contributed by atoms with Gasteiger partial charge in [0.15, 0.2) is 0 Å². The third kappa shape index (κ3) is 3.36. The van der Waals surface area contributed by atoms with Crippen molar-refractivity contribution in [1.82, 2.24) is 14.9 Å². The van der Waals surface area contributed by atoms with Crippen LogP contribution in [0.5, 0.6) is 0 Å². The highest BCUT2D eigenvalue weighted by Gasteiger charge is 2.11. The van der Waals surface area contributed by atoms with E-state index in [1.165, 1.54) is 0 Å². The lowest BCUT2D eigenvalue weighted by Crippen LogP contribution is -2.38. The number of nitrogens with zero attached hydrogens (tertiary/aromatic N) is 2. The lowest BCUT2D eigenvalue weighted by Gasteiger charge is -2.17. The predicted octanol–water partition coefficient (Wildman–Crippen LogP) is 1.61. The molecule has 0 saturated carbocycles. The number of nitrogens with one attached hydrogen (secondary N) is 1. The zero-order chi connectivity index (χ0) is 12.1. The van der Waals surface area contributed by atoms with Gasteiger partial charge in [-0.25, -0.2) is 4.98 Å². The number of aryl methyl sites for hydroxylation is 1. The normalized spacial score (nSPS) is 12.8. The molecule has 0 aliphatic heterocycles. The fourth-order valence-corrected chi connectivity index (χ4v) is 1.42. The predicted molar refractivity (Wildman–Crippen MR) is 64.0 cm³/mol. The van der Waals surface area contributed by atoms with E-state index in [9.17, 15) is 4.79 Å². The minimum Gasteiger partial charge on any atom is -0.352 e. The number of imidazole rings is 1. The molecule has 1 aromatic rings. The molecule has 0 aromatic carbocycles. The molecule has 1 N–H and O–H groups in total. The maximum absolute atomic E-state index is 11.7. The van der Waals surface area contributed by atoms with Crippen molar-refractivity contribution in [2.45, 2.75) is 46.7 Å². The van der Waals surface area contributed by atoms with Gasteiger partial charge in [0, 0.05) is 24.9 Å². The van der Waals surface area contributed by atoms with Gasteiger partial charge in [-0.15, -0.1) is 0 Å². The number of carbonyl (C=O) groups is 1. The maximum Gasteiger partial charge on any atom is 0.240 e. The number of rotatable bonds is 5. The van der Waals surface area contributed by atoms with Crippen molar-refractivity contribution in [3.63, 3.8) is 0 Å². The van der Waals surface area contributed by atoms with Crippen LogP contribution in [-0.4, -0.2) is 21.5 Å². The molecular weight excluding hydrogens is 202 g/mol. The van der Waals surface area contributed by atoms with Crippen LogP contribution in [0, 0.1) is 5.92 Å². The van der Waals surface area contributed by atoms with Gasteiger partial charge in [-0.3, -0.25) is 4.79 Å². The Balaban J connectivity index is 2.52. The number of amides is 1. The number of carbonyl (C=O) groups excluding carboxylic acids is 1. The van der Waals surface area contributed by atoms with Crippen molar-refractivity contribution in [1.29, 1.82) is 0 Å². The lowest BCUT2D eigenvalue weighted by molar-refractivity contribution is -0.122. The van der Waals surface area contributed by atoms with E-state index < -0.39 is 0 Å². The Hall–Kier alpha value is -1.32. The largest absolute Gasteiger partial charge is 0.352 e. The highest BCUT2D eigenvalue weighted by Crippen LogP contribution is 2.01. The first-order chi connectivity index (χ1) is 7.54. The summed E-state index contributed by atoms with van der Waals surface area (Å²) in [5.74, 6) is 1.46. The van der Waals surface area contributed by atoms with Crippen molar-refractivity contribution in [2.24, 2.45) is 5.92 Å². The summed E-state index contributed by atoms with van der Waals surface area (Å²) in [7, 11) is 0. The van der Waals surface area contributed by atoms with Crippen LogP contribution in [0.4, 0.5) is 0 Å². The van der Waals surface area contributed by atoms with Gasteiger partial charge >= 0.3 is 0 Å². The van der Waals surface area contributed by atoms with Crippen molar-refractivity contribution >= 4 is 5.91 Å². The third-order valence-electron chi connectivity index (χ3n) is 2.82. The first-order valence-corrected chi connectivity index (χ1v) is 5.84. The summed E-state index contributed by atoms with van der Waals surface area (Å²) >= 11 is 0. The minimum atomic E-state index is 0.0499. The summed E-state index contributed by atoms with van der Waals surface area (Å²) in [6.07, 6.45) is 4.43. The molecule has 1 unspecified atom stereocenters. The second-order valence-electron chi connectivity index (χ2n) is 4.43. The van der Waals surface area contributed by atoms with Crippen molar-refractivity contribution in [3.8, 4) is 0 Å². The molecule has 0 aliphatic rings. The van der Waals surface area contributed by atoms with Crippen LogP contribution in [0.2, 0.25) is 0 Å². The molecule has 0 spiro atoms. The van der Waals surface area contributed by atoms with Crippen LogP contribution in [0.25, 0.3) is 0 Å². The smallest absolute Gasteiger partial charge is 0.240 e. The summed E-state index contributed by atoms with van der Waals surface area (Å²) in [4.78, 5) is 15.9. The van der Waals surface area contributed by atoms with E-state index in [4.69, 9.17) is 0 Å². The van der Waals surface area contributed by atoms with Crippen molar-refractivity contribution in [2.75, 3.05) is 0 Å². The number of hydrogen-bond donors (Lipinski definition) is 1. The van der Waals surface area contributed by atoms with Gasteiger partial charge in [0.25, 0.3) is 0 Å².